The van der Waals surface area contributed by atoms with E-state index < -0.39 is 15.8 Å². The Morgan fingerprint density at radius 1 is 1.23 bits per heavy atom. The van der Waals surface area contributed by atoms with Crippen LogP contribution in [0.1, 0.15) is 26.7 Å². The summed E-state index contributed by atoms with van der Waals surface area (Å²) in [6.07, 6.45) is 0.817. The Bertz CT molecular complexity index is 825. The number of ether oxygens (including phenoxy) is 1. The molecule has 0 saturated carbocycles. The van der Waals surface area contributed by atoms with Crippen LogP contribution in [0.5, 0.6) is 0 Å². The summed E-state index contributed by atoms with van der Waals surface area (Å²) in [4.78, 5) is 14.6. The number of piperidine rings is 1. The second kappa shape index (κ2) is 10.2. The zero-order valence-corrected chi connectivity index (χ0v) is 18.5. The van der Waals surface area contributed by atoms with Crippen LogP contribution in [0.15, 0.2) is 29.2 Å². The summed E-state index contributed by atoms with van der Waals surface area (Å²) < 4.78 is 46.3. The summed E-state index contributed by atoms with van der Waals surface area (Å²) in [6.45, 7) is 8.64. The number of hydrogen-bond donors (Lipinski definition) is 1. The second-order valence-corrected chi connectivity index (χ2v) is 10.4. The molecule has 0 bridgehead atoms. The van der Waals surface area contributed by atoms with Gasteiger partial charge >= 0.3 is 0 Å². The average Bonchev–Trinajstić information content (AvgIpc) is 2.72. The van der Waals surface area contributed by atoms with E-state index in [2.05, 4.69) is 24.1 Å². The topological polar surface area (TPSA) is 79.0 Å². The third-order valence-corrected chi connectivity index (χ3v) is 7.56. The molecule has 2 aliphatic heterocycles. The van der Waals surface area contributed by atoms with Crippen molar-refractivity contribution in [2.24, 2.45) is 11.8 Å². The van der Waals surface area contributed by atoms with Gasteiger partial charge in [-0.15, -0.1) is 0 Å². The van der Waals surface area contributed by atoms with Crippen molar-refractivity contribution in [1.82, 2.24) is 14.5 Å². The van der Waals surface area contributed by atoms with E-state index in [0.717, 1.165) is 25.7 Å². The minimum absolute atomic E-state index is 0.0250. The number of benzene rings is 1. The van der Waals surface area contributed by atoms with Gasteiger partial charge in [-0.3, -0.25) is 9.69 Å². The lowest BCUT2D eigenvalue weighted by atomic mass is 9.97. The van der Waals surface area contributed by atoms with Crippen LogP contribution in [0.25, 0.3) is 0 Å². The minimum Gasteiger partial charge on any atom is -0.374 e. The highest BCUT2D eigenvalue weighted by Gasteiger charge is 2.33. The highest BCUT2D eigenvalue weighted by Crippen LogP contribution is 2.25. The lowest BCUT2D eigenvalue weighted by Gasteiger charge is -2.34. The molecule has 2 fully saturated rings. The van der Waals surface area contributed by atoms with Crippen molar-refractivity contribution in [2.45, 2.75) is 37.7 Å². The molecule has 7 nitrogen and oxygen atoms in total. The summed E-state index contributed by atoms with van der Waals surface area (Å²) in [5.41, 5.74) is 0. The number of halogens is 1. The van der Waals surface area contributed by atoms with Crippen molar-refractivity contribution < 1.29 is 22.3 Å². The Hall–Kier alpha value is -1.55. The average molecular weight is 442 g/mol. The molecule has 1 N–H and O–H groups in total. The molecule has 0 aliphatic carbocycles. The summed E-state index contributed by atoms with van der Waals surface area (Å²) in [5.74, 6) is -0.476. The molecule has 3 rings (SSSR count). The summed E-state index contributed by atoms with van der Waals surface area (Å²) >= 11 is 0. The molecule has 168 valence electrons. The van der Waals surface area contributed by atoms with Crippen LogP contribution in [0.2, 0.25) is 0 Å². The Kier molecular flexibility index (Phi) is 7.84. The van der Waals surface area contributed by atoms with Crippen LogP contribution in [-0.2, 0) is 19.6 Å². The third-order valence-electron chi connectivity index (χ3n) is 5.63. The van der Waals surface area contributed by atoms with Gasteiger partial charge in [0.2, 0.25) is 15.9 Å². The van der Waals surface area contributed by atoms with Crippen molar-refractivity contribution in [3.05, 3.63) is 30.1 Å². The maximum atomic E-state index is 13.9. The van der Waals surface area contributed by atoms with Gasteiger partial charge < -0.3 is 10.1 Å². The number of morpholine rings is 1. The maximum Gasteiger partial charge on any atom is 0.245 e. The molecule has 1 atom stereocenters. The van der Waals surface area contributed by atoms with E-state index in [9.17, 15) is 17.6 Å². The Balaban J connectivity index is 1.47. The van der Waals surface area contributed by atoms with Crippen LogP contribution >= 0.6 is 0 Å². The highest BCUT2D eigenvalue weighted by molar-refractivity contribution is 7.89. The fourth-order valence-corrected chi connectivity index (χ4v) is 5.63. The Labute approximate surface area is 178 Å². The molecule has 1 aromatic rings. The predicted molar refractivity (Wildman–Crippen MR) is 112 cm³/mol. The van der Waals surface area contributed by atoms with Gasteiger partial charge in [-0.05, 0) is 30.9 Å². The lowest BCUT2D eigenvalue weighted by molar-refractivity contribution is -0.127. The van der Waals surface area contributed by atoms with Crippen molar-refractivity contribution in [3.8, 4) is 0 Å². The first kappa shape index (κ1) is 23.1. The standard InChI is InChI=1S/C21H32FN3O4S/c1-16(2)14-24-11-12-29-18(15-24)13-23-21(26)17-7-9-25(10-8-17)30(27,28)20-6-4-3-5-19(20)22/h3-6,16-18H,7-15H2,1-2H3,(H,23,26). The molecular weight excluding hydrogens is 409 g/mol. The van der Waals surface area contributed by atoms with Crippen molar-refractivity contribution in [1.29, 1.82) is 0 Å². The molecule has 1 amide bonds. The number of sulfonamides is 1. The molecule has 0 spiro atoms. The molecule has 1 unspecified atom stereocenters. The number of amides is 1. The third kappa shape index (κ3) is 5.78. The van der Waals surface area contributed by atoms with Gasteiger partial charge in [-0.25, -0.2) is 12.8 Å². The normalized spacial score (nSPS) is 22.3. The molecule has 30 heavy (non-hydrogen) atoms. The SMILES string of the molecule is CC(C)CN1CCOC(CNC(=O)C2CCN(S(=O)(=O)c3ccccc3F)CC2)C1. The van der Waals surface area contributed by atoms with E-state index in [-0.39, 0.29) is 35.9 Å². The Morgan fingerprint density at radius 3 is 2.60 bits per heavy atom. The zero-order valence-electron chi connectivity index (χ0n) is 17.7. The van der Waals surface area contributed by atoms with E-state index in [1.165, 1.54) is 22.5 Å². The maximum absolute atomic E-state index is 13.9. The zero-order chi connectivity index (χ0) is 21.7. The minimum atomic E-state index is -3.89. The molecule has 2 saturated heterocycles. The van der Waals surface area contributed by atoms with Crippen molar-refractivity contribution in [2.75, 3.05) is 45.9 Å². The Morgan fingerprint density at radius 2 is 1.93 bits per heavy atom. The van der Waals surface area contributed by atoms with Crippen LogP contribution in [0.4, 0.5) is 4.39 Å². The van der Waals surface area contributed by atoms with E-state index in [4.69, 9.17) is 4.74 Å². The van der Waals surface area contributed by atoms with Crippen molar-refractivity contribution >= 4 is 15.9 Å². The lowest BCUT2D eigenvalue weighted by Crippen LogP contribution is -2.50. The number of carbonyl (C=O) groups is 1. The van der Waals surface area contributed by atoms with Gasteiger partial charge in [0.15, 0.2) is 0 Å². The molecule has 9 heteroatoms. The molecular formula is C21H32FN3O4S. The van der Waals surface area contributed by atoms with Gasteiger partial charge in [-0.1, -0.05) is 26.0 Å². The van der Waals surface area contributed by atoms with Crippen LogP contribution in [0, 0.1) is 17.7 Å². The van der Waals surface area contributed by atoms with Crippen LogP contribution in [0.3, 0.4) is 0 Å². The highest BCUT2D eigenvalue weighted by atomic mass is 32.2. The quantitative estimate of drug-likeness (QED) is 0.697. The summed E-state index contributed by atoms with van der Waals surface area (Å²) in [6, 6.07) is 5.38. The molecule has 2 heterocycles. The van der Waals surface area contributed by atoms with Crippen LogP contribution in [-0.4, -0.2) is 75.5 Å². The van der Waals surface area contributed by atoms with Gasteiger partial charge in [0.05, 0.1) is 12.7 Å². The first-order valence-corrected chi connectivity index (χ1v) is 12.1. The van der Waals surface area contributed by atoms with E-state index >= 15 is 0 Å². The summed E-state index contributed by atoms with van der Waals surface area (Å²) in [7, 11) is -3.89. The number of carbonyl (C=O) groups excluding carboxylic acids is 1. The van der Waals surface area contributed by atoms with Crippen molar-refractivity contribution in [3.63, 3.8) is 0 Å². The smallest absolute Gasteiger partial charge is 0.245 e. The largest absolute Gasteiger partial charge is 0.374 e. The van der Waals surface area contributed by atoms with E-state index in [1.807, 2.05) is 0 Å². The molecule has 1 aromatic carbocycles. The number of nitrogens with one attached hydrogen (secondary N) is 1. The molecule has 0 radical (unpaired) electrons. The molecule has 0 aromatic heterocycles. The molecule has 2 aliphatic rings. The van der Waals surface area contributed by atoms with Crippen LogP contribution < -0.4 is 5.32 Å². The van der Waals surface area contributed by atoms with Gasteiger partial charge in [0.25, 0.3) is 0 Å². The fourth-order valence-electron chi connectivity index (χ4n) is 4.10. The monoisotopic (exact) mass is 441 g/mol. The van der Waals surface area contributed by atoms with E-state index in [0.29, 0.717) is 31.9 Å². The predicted octanol–water partition coefficient (Wildman–Crippen LogP) is 1.70. The van der Waals surface area contributed by atoms with Gasteiger partial charge in [-0.2, -0.15) is 4.31 Å². The first-order chi connectivity index (χ1) is 14.3. The van der Waals surface area contributed by atoms with Gasteiger partial charge in [0.1, 0.15) is 10.7 Å². The van der Waals surface area contributed by atoms with Gasteiger partial charge in [0, 0.05) is 45.2 Å². The number of hydrogen-bond acceptors (Lipinski definition) is 5. The number of nitrogens with zero attached hydrogens (tertiary/aromatic N) is 2. The number of rotatable bonds is 7. The van der Waals surface area contributed by atoms with E-state index in [1.54, 1.807) is 0 Å². The fraction of sp³-hybridized carbons (Fsp3) is 0.667. The second-order valence-electron chi connectivity index (χ2n) is 8.50. The summed E-state index contributed by atoms with van der Waals surface area (Å²) in [5, 5.41) is 2.97. The first-order valence-electron chi connectivity index (χ1n) is 10.6.